The molecule has 3 aromatic carbocycles. The van der Waals surface area contributed by atoms with E-state index < -0.39 is 15.6 Å². The molecule has 0 N–H and O–H groups in total. The molecule has 144 valence electrons. The van der Waals surface area contributed by atoms with Crippen LogP contribution in [0.15, 0.2) is 89.8 Å². The summed E-state index contributed by atoms with van der Waals surface area (Å²) in [5.41, 5.74) is 2.90. The number of ketones is 1. The summed E-state index contributed by atoms with van der Waals surface area (Å²) in [5, 5.41) is 0. The van der Waals surface area contributed by atoms with Crippen molar-refractivity contribution in [3.05, 3.63) is 107 Å². The quantitative estimate of drug-likeness (QED) is 0.640. The van der Waals surface area contributed by atoms with Gasteiger partial charge in [-0.05, 0) is 48.4 Å². The van der Waals surface area contributed by atoms with E-state index >= 15 is 0 Å². The summed E-state index contributed by atoms with van der Waals surface area (Å²) < 4.78 is 29.3. The standard InChI is InChI=1S/C24H19NO3S/c1-17-10-12-19(13-11-17)29(27,28)25-22-9-5-2-6-18(22)16-24(25)15-14-23(26)20-7-3-4-8-21(20)24/h2-15H,16H2,1H3. The van der Waals surface area contributed by atoms with Crippen molar-refractivity contribution >= 4 is 21.5 Å². The molecule has 1 aliphatic heterocycles. The van der Waals surface area contributed by atoms with E-state index in [1.165, 1.54) is 10.4 Å². The molecule has 4 nitrogen and oxygen atoms in total. The first-order chi connectivity index (χ1) is 13.9. The number of nitrogens with zero attached hydrogens (tertiary/aromatic N) is 1. The normalized spacial score (nSPS) is 20.0. The van der Waals surface area contributed by atoms with Gasteiger partial charge in [0.1, 0.15) is 5.54 Å². The van der Waals surface area contributed by atoms with E-state index in [9.17, 15) is 13.2 Å². The fourth-order valence-electron chi connectivity index (χ4n) is 4.39. The first-order valence-electron chi connectivity index (χ1n) is 9.47. The van der Waals surface area contributed by atoms with Gasteiger partial charge in [-0.1, -0.05) is 60.2 Å². The molecular weight excluding hydrogens is 382 g/mol. The van der Waals surface area contributed by atoms with Gasteiger partial charge >= 0.3 is 0 Å². The van der Waals surface area contributed by atoms with Crippen molar-refractivity contribution in [1.82, 2.24) is 0 Å². The van der Waals surface area contributed by atoms with Crippen LogP contribution in [0.25, 0.3) is 0 Å². The molecule has 0 radical (unpaired) electrons. The molecule has 3 aromatic rings. The van der Waals surface area contributed by atoms with Crippen molar-refractivity contribution in [3.63, 3.8) is 0 Å². The van der Waals surface area contributed by atoms with Crippen molar-refractivity contribution in [2.75, 3.05) is 4.31 Å². The Balaban J connectivity index is 1.80. The molecule has 29 heavy (non-hydrogen) atoms. The van der Waals surface area contributed by atoms with Crippen LogP contribution in [0.1, 0.15) is 27.0 Å². The zero-order valence-corrected chi connectivity index (χ0v) is 16.7. The van der Waals surface area contributed by atoms with Crippen molar-refractivity contribution in [3.8, 4) is 0 Å². The number of para-hydroxylation sites is 1. The average Bonchev–Trinajstić information content (AvgIpc) is 3.07. The van der Waals surface area contributed by atoms with E-state index in [-0.39, 0.29) is 10.7 Å². The molecule has 0 amide bonds. The van der Waals surface area contributed by atoms with Gasteiger partial charge in [0.2, 0.25) is 0 Å². The highest BCUT2D eigenvalue weighted by Gasteiger charge is 2.51. The number of hydrogen-bond donors (Lipinski definition) is 0. The number of rotatable bonds is 2. The highest BCUT2D eigenvalue weighted by Crippen LogP contribution is 2.51. The topological polar surface area (TPSA) is 54.5 Å². The van der Waals surface area contributed by atoms with Crippen LogP contribution in [0.5, 0.6) is 0 Å². The van der Waals surface area contributed by atoms with Crippen molar-refractivity contribution < 1.29 is 13.2 Å². The third-order valence-corrected chi connectivity index (χ3v) is 7.63. The number of anilines is 1. The number of benzene rings is 3. The first kappa shape index (κ1) is 17.9. The van der Waals surface area contributed by atoms with E-state index in [4.69, 9.17) is 0 Å². The molecule has 5 heteroatoms. The van der Waals surface area contributed by atoms with Gasteiger partial charge in [-0.3, -0.25) is 9.10 Å². The average molecular weight is 401 g/mol. The van der Waals surface area contributed by atoms with Crippen LogP contribution < -0.4 is 4.31 Å². The summed E-state index contributed by atoms with van der Waals surface area (Å²) in [6.45, 7) is 1.93. The van der Waals surface area contributed by atoms with Crippen LogP contribution >= 0.6 is 0 Å². The zero-order valence-electron chi connectivity index (χ0n) is 15.9. The highest BCUT2D eigenvalue weighted by atomic mass is 32.2. The maximum atomic E-state index is 13.9. The minimum atomic E-state index is -3.87. The lowest BCUT2D eigenvalue weighted by Crippen LogP contribution is -2.48. The summed E-state index contributed by atoms with van der Waals surface area (Å²) in [6, 6.07) is 21.7. The fourth-order valence-corrected chi connectivity index (χ4v) is 6.18. The van der Waals surface area contributed by atoms with Gasteiger partial charge in [-0.15, -0.1) is 0 Å². The molecule has 5 rings (SSSR count). The first-order valence-corrected chi connectivity index (χ1v) is 10.9. The van der Waals surface area contributed by atoms with E-state index in [1.807, 2.05) is 49.4 Å². The SMILES string of the molecule is Cc1ccc(S(=O)(=O)N2c3ccccc3CC23C=CC(=O)c2ccccc23)cc1. The van der Waals surface area contributed by atoms with E-state index in [0.29, 0.717) is 17.7 Å². The van der Waals surface area contributed by atoms with Gasteiger partial charge in [0.05, 0.1) is 10.6 Å². The summed E-state index contributed by atoms with van der Waals surface area (Å²) in [4.78, 5) is 12.7. The van der Waals surface area contributed by atoms with Gasteiger partial charge in [-0.25, -0.2) is 8.42 Å². The van der Waals surface area contributed by atoms with E-state index in [0.717, 1.165) is 16.7 Å². The predicted molar refractivity (Wildman–Crippen MR) is 113 cm³/mol. The second kappa shape index (κ2) is 6.16. The van der Waals surface area contributed by atoms with Crippen LogP contribution in [-0.4, -0.2) is 14.2 Å². The second-order valence-corrected chi connectivity index (χ2v) is 9.34. The summed E-state index contributed by atoms with van der Waals surface area (Å²) >= 11 is 0. The van der Waals surface area contributed by atoms with Gasteiger partial charge in [-0.2, -0.15) is 0 Å². The minimum Gasteiger partial charge on any atom is -0.289 e. The predicted octanol–water partition coefficient (Wildman–Crippen LogP) is 4.39. The Morgan fingerprint density at radius 3 is 2.38 bits per heavy atom. The Bertz CT molecular complexity index is 1280. The van der Waals surface area contributed by atoms with Crippen molar-refractivity contribution in [2.45, 2.75) is 23.8 Å². The maximum Gasteiger partial charge on any atom is 0.265 e. The number of allylic oxidation sites excluding steroid dienone is 1. The minimum absolute atomic E-state index is 0.102. The molecule has 1 aliphatic carbocycles. The van der Waals surface area contributed by atoms with E-state index in [2.05, 4.69) is 0 Å². The zero-order chi connectivity index (χ0) is 20.2. The third-order valence-electron chi connectivity index (χ3n) is 5.76. The number of sulfonamides is 1. The largest absolute Gasteiger partial charge is 0.289 e. The molecule has 0 saturated heterocycles. The van der Waals surface area contributed by atoms with E-state index in [1.54, 1.807) is 36.4 Å². The van der Waals surface area contributed by atoms with Gasteiger partial charge in [0, 0.05) is 12.0 Å². The van der Waals surface area contributed by atoms with Gasteiger partial charge in [0.25, 0.3) is 10.0 Å². The maximum absolute atomic E-state index is 13.9. The molecule has 0 fully saturated rings. The van der Waals surface area contributed by atoms with Crippen LogP contribution in [-0.2, 0) is 22.0 Å². The number of fused-ring (bicyclic) bond motifs is 3. The van der Waals surface area contributed by atoms with Crippen LogP contribution in [0.3, 0.4) is 0 Å². The Hall–Kier alpha value is -3.18. The summed E-state index contributed by atoms with van der Waals surface area (Å²) in [5.74, 6) is -0.102. The molecule has 0 saturated carbocycles. The van der Waals surface area contributed by atoms with Crippen LogP contribution in [0, 0.1) is 6.92 Å². The number of hydrogen-bond acceptors (Lipinski definition) is 3. The Morgan fingerprint density at radius 1 is 0.897 bits per heavy atom. The monoisotopic (exact) mass is 401 g/mol. The molecule has 2 aliphatic rings. The molecular formula is C24H19NO3S. The Kier molecular flexibility index (Phi) is 3.80. The molecule has 0 aromatic heterocycles. The van der Waals surface area contributed by atoms with Gasteiger partial charge in [0.15, 0.2) is 5.78 Å². The van der Waals surface area contributed by atoms with Crippen molar-refractivity contribution in [2.24, 2.45) is 0 Å². The highest BCUT2D eigenvalue weighted by molar-refractivity contribution is 7.93. The molecule has 0 bridgehead atoms. The lowest BCUT2D eigenvalue weighted by molar-refractivity contribution is 0.104. The molecule has 1 spiro atoms. The molecule has 1 atom stereocenters. The second-order valence-electron chi connectivity index (χ2n) is 7.56. The lowest BCUT2D eigenvalue weighted by atomic mass is 9.79. The van der Waals surface area contributed by atoms with Crippen molar-refractivity contribution in [1.29, 1.82) is 0 Å². The summed E-state index contributed by atoms with van der Waals surface area (Å²) in [7, 11) is -3.87. The van der Waals surface area contributed by atoms with Gasteiger partial charge < -0.3 is 0 Å². The number of carbonyl (C=O) groups excluding carboxylic acids is 1. The molecule has 1 heterocycles. The third kappa shape index (κ3) is 2.51. The fraction of sp³-hybridized carbons (Fsp3) is 0.125. The summed E-state index contributed by atoms with van der Waals surface area (Å²) in [6.07, 6.45) is 3.74. The van der Waals surface area contributed by atoms with Crippen LogP contribution in [0.2, 0.25) is 0 Å². The van der Waals surface area contributed by atoms with Crippen LogP contribution in [0.4, 0.5) is 5.69 Å². The number of aryl methyl sites for hydroxylation is 1. The lowest BCUT2D eigenvalue weighted by Gasteiger charge is -2.40. The Labute approximate surface area is 170 Å². The smallest absolute Gasteiger partial charge is 0.265 e. The number of carbonyl (C=O) groups is 1. The molecule has 1 unspecified atom stereocenters. The Morgan fingerprint density at radius 2 is 1.59 bits per heavy atom.